The molecule has 36 heavy (non-hydrogen) atoms. The molecule has 13 heteroatoms. The molecule has 1 atom stereocenters. The minimum atomic E-state index is -0.105. The quantitative estimate of drug-likeness (QED) is 0.327. The van der Waals surface area contributed by atoms with Gasteiger partial charge in [-0.05, 0) is 27.9 Å². The molecule has 0 spiro atoms. The maximum atomic E-state index is 10.7. The number of anilines is 1. The summed E-state index contributed by atoms with van der Waals surface area (Å²) in [7, 11) is 1.76. The van der Waals surface area contributed by atoms with E-state index in [0.29, 0.717) is 35.7 Å². The molecule has 2 aromatic heterocycles. The van der Waals surface area contributed by atoms with Crippen LogP contribution in [0.2, 0.25) is 0 Å². The topological polar surface area (TPSA) is 122 Å². The van der Waals surface area contributed by atoms with Gasteiger partial charge in [0, 0.05) is 104 Å². The van der Waals surface area contributed by atoms with Gasteiger partial charge in [-0.15, -0.1) is 10.2 Å². The predicted molar refractivity (Wildman–Crippen MR) is 123 cm³/mol. The number of nitrogens with one attached hydrogen (secondary N) is 1. The Kier molecular flexibility index (Phi) is 12.4. The number of carbonyl (C=O) groups excluding carboxylic acids is 2. The van der Waals surface area contributed by atoms with E-state index in [1.54, 1.807) is 30.1 Å². The molecule has 2 amide bonds. The van der Waals surface area contributed by atoms with Crippen LogP contribution in [0, 0.1) is 6.39 Å². The minimum Gasteiger partial charge on any atom is -0.573 e. The van der Waals surface area contributed by atoms with Crippen molar-refractivity contribution in [2.75, 3.05) is 31.5 Å². The van der Waals surface area contributed by atoms with Crippen LogP contribution < -0.4 is 5.32 Å². The summed E-state index contributed by atoms with van der Waals surface area (Å²) < 4.78 is 4.93. The van der Waals surface area contributed by atoms with Crippen LogP contribution >= 0.6 is 0 Å². The molecule has 182 valence electrons. The Morgan fingerprint density at radius 3 is 2.44 bits per heavy atom. The van der Waals surface area contributed by atoms with Crippen molar-refractivity contribution < 1.29 is 79.4 Å². The van der Waals surface area contributed by atoms with Gasteiger partial charge in [-0.25, -0.2) is 0 Å². The molecule has 1 aliphatic heterocycles. The maximum absolute atomic E-state index is 10.7. The van der Waals surface area contributed by atoms with Crippen molar-refractivity contribution in [1.82, 2.24) is 35.0 Å². The number of tetrazole rings is 1. The molecule has 1 aliphatic rings. The van der Waals surface area contributed by atoms with Gasteiger partial charge in [0.25, 0.3) is 0 Å². The number of fused-ring (bicyclic) bond motifs is 1. The summed E-state index contributed by atoms with van der Waals surface area (Å²) in [5.74, 6) is 0.582. The van der Waals surface area contributed by atoms with Crippen LogP contribution in [-0.4, -0.2) is 73.5 Å². The summed E-state index contributed by atoms with van der Waals surface area (Å²) in [4.78, 5) is 30.7. The van der Waals surface area contributed by atoms with Crippen molar-refractivity contribution in [2.45, 2.75) is 13.0 Å². The van der Waals surface area contributed by atoms with Crippen molar-refractivity contribution in [1.29, 1.82) is 0 Å². The summed E-state index contributed by atoms with van der Waals surface area (Å²) in [6.45, 7) is 4.35. The molecule has 3 heterocycles. The second kappa shape index (κ2) is 14.7. The molecule has 0 aliphatic carbocycles. The molecule has 5 rings (SSSR count). The van der Waals surface area contributed by atoms with Gasteiger partial charge in [0.1, 0.15) is 6.39 Å². The Morgan fingerprint density at radius 2 is 1.83 bits per heavy atom. The fourth-order valence-electron chi connectivity index (χ4n) is 3.73. The van der Waals surface area contributed by atoms with E-state index in [1.165, 1.54) is 11.7 Å². The monoisotopic (exact) mass is 638 g/mol. The SMILES string of the molecule is CC(=O)Nc1ccc2o[c-]nc2c1.Cn1nnc(C(c2ccccc2)N2CCN([C-]=O)CC2)n1.[Y].[Y]. The summed E-state index contributed by atoms with van der Waals surface area (Å²) in [5, 5.41) is 15.1. The fraction of sp³-hybridized carbons (Fsp3) is 0.304. The summed E-state index contributed by atoms with van der Waals surface area (Å²) in [6, 6.07) is 15.3. The van der Waals surface area contributed by atoms with E-state index in [2.05, 4.69) is 49.1 Å². The average Bonchev–Trinajstić information content (AvgIpc) is 3.49. The van der Waals surface area contributed by atoms with E-state index in [4.69, 9.17) is 4.42 Å². The number of carbonyl (C=O) groups is 1. The van der Waals surface area contributed by atoms with E-state index in [9.17, 15) is 9.59 Å². The number of nitrogens with zero attached hydrogens (tertiary/aromatic N) is 7. The van der Waals surface area contributed by atoms with Crippen LogP contribution in [0.15, 0.2) is 52.9 Å². The van der Waals surface area contributed by atoms with Crippen LogP contribution in [0.1, 0.15) is 24.4 Å². The third-order valence-corrected chi connectivity index (χ3v) is 5.29. The molecule has 1 N–H and O–H groups in total. The fourth-order valence-corrected chi connectivity index (χ4v) is 3.73. The Labute approximate surface area is 259 Å². The molecule has 1 unspecified atom stereocenters. The number of amides is 2. The number of oxazole rings is 1. The molecule has 0 bridgehead atoms. The third-order valence-electron chi connectivity index (χ3n) is 5.29. The first-order chi connectivity index (χ1) is 16.5. The van der Waals surface area contributed by atoms with Crippen molar-refractivity contribution in [3.63, 3.8) is 0 Å². The van der Waals surface area contributed by atoms with Gasteiger partial charge in [-0.2, -0.15) is 11.2 Å². The molecule has 0 saturated carbocycles. The first-order valence-electron chi connectivity index (χ1n) is 10.7. The van der Waals surface area contributed by atoms with Gasteiger partial charge in [0.15, 0.2) is 5.82 Å². The molecule has 2 radical (unpaired) electrons. The molecule has 4 aromatic rings. The van der Waals surface area contributed by atoms with Gasteiger partial charge < -0.3 is 24.4 Å². The molecular formula is C23H24N8O3Y2-2. The number of aromatic nitrogens is 5. The van der Waals surface area contributed by atoms with E-state index in [-0.39, 0.29) is 77.4 Å². The number of hydrogen-bond donors (Lipinski definition) is 1. The summed E-state index contributed by atoms with van der Waals surface area (Å²) >= 11 is 0. The van der Waals surface area contributed by atoms with Crippen LogP contribution in [0.3, 0.4) is 0 Å². The zero-order valence-corrected chi connectivity index (χ0v) is 25.7. The Morgan fingerprint density at radius 1 is 1.11 bits per heavy atom. The third kappa shape index (κ3) is 8.04. The van der Waals surface area contributed by atoms with E-state index in [0.717, 1.165) is 18.7 Å². The van der Waals surface area contributed by atoms with Crippen molar-refractivity contribution in [3.8, 4) is 0 Å². The molecule has 11 nitrogen and oxygen atoms in total. The smallest absolute Gasteiger partial charge is 0.221 e. The second-order valence-corrected chi connectivity index (χ2v) is 7.73. The summed E-state index contributed by atoms with van der Waals surface area (Å²) in [6.07, 6.45) is 4.34. The second-order valence-electron chi connectivity index (χ2n) is 7.73. The van der Waals surface area contributed by atoms with Crippen molar-refractivity contribution in [3.05, 3.63) is 66.3 Å². The van der Waals surface area contributed by atoms with E-state index < -0.39 is 0 Å². The largest absolute Gasteiger partial charge is 0.573 e. The molecule has 1 saturated heterocycles. The zero-order valence-electron chi connectivity index (χ0n) is 20.0. The molecule has 2 aromatic carbocycles. The normalized spacial score (nSPS) is 14.0. The molecule has 1 fully saturated rings. The van der Waals surface area contributed by atoms with Crippen molar-refractivity contribution >= 4 is 29.1 Å². The van der Waals surface area contributed by atoms with Gasteiger partial charge in [-0.1, -0.05) is 42.5 Å². The minimum absolute atomic E-state index is 0. The Bertz CT molecular complexity index is 1240. The first-order valence-corrected chi connectivity index (χ1v) is 10.7. The standard InChI is InChI=1S/C14H17N6O.C9H7N2O2.2Y/c1-18-16-14(15-17-18)13(12-5-3-2-4-6-12)20-9-7-19(11-21)8-10-20;1-6(12)11-7-2-3-9-8(4-7)10-5-13-9;;/h2-6,13H,7-10H2,1H3;2-4H,1H3,(H,11,12);;/q2*-1;;. The van der Waals surface area contributed by atoms with E-state index in [1.807, 2.05) is 24.6 Å². The zero-order chi connectivity index (χ0) is 23.9. The number of benzene rings is 2. The maximum Gasteiger partial charge on any atom is 0.221 e. The van der Waals surface area contributed by atoms with Crippen LogP contribution in [0.5, 0.6) is 0 Å². The number of hydrogen-bond acceptors (Lipinski definition) is 8. The Hall–Kier alpha value is -1.91. The van der Waals surface area contributed by atoms with Gasteiger partial charge in [0.2, 0.25) is 5.91 Å². The van der Waals surface area contributed by atoms with Crippen molar-refractivity contribution in [2.24, 2.45) is 7.05 Å². The predicted octanol–water partition coefficient (Wildman–Crippen LogP) is 1.57. The van der Waals surface area contributed by atoms with Crippen LogP contribution in [0.25, 0.3) is 11.1 Å². The first kappa shape index (κ1) is 30.3. The van der Waals surface area contributed by atoms with Crippen LogP contribution in [0.4, 0.5) is 5.69 Å². The molecular weight excluding hydrogens is 614 g/mol. The summed E-state index contributed by atoms with van der Waals surface area (Å²) in [5.41, 5.74) is 3.19. The van der Waals surface area contributed by atoms with Gasteiger partial charge >= 0.3 is 0 Å². The Balaban J connectivity index is 0.000000264. The average molecular weight is 638 g/mol. The van der Waals surface area contributed by atoms with E-state index >= 15 is 0 Å². The van der Waals surface area contributed by atoms with Gasteiger partial charge in [0.05, 0.1) is 13.1 Å². The number of piperazine rings is 1. The number of rotatable bonds is 5. The van der Waals surface area contributed by atoms with Gasteiger partial charge in [-0.3, -0.25) is 9.69 Å². The number of aryl methyl sites for hydroxylation is 1. The van der Waals surface area contributed by atoms with Crippen LogP contribution in [-0.2, 0) is 82.1 Å².